The first-order valence-corrected chi connectivity index (χ1v) is 14.8. The molecule has 0 bridgehead atoms. The SMILES string of the molecule is Cc1cc(SCc2sc(-c3ccc(C(F)(F)F)cc3)nc2Cc2ccccc2-c2ccccc2)ccc1OCC(=O)O. The zero-order valence-electron chi connectivity index (χ0n) is 22.5. The van der Waals surface area contributed by atoms with Crippen LogP contribution in [0.2, 0.25) is 0 Å². The highest BCUT2D eigenvalue weighted by atomic mass is 32.2. The van der Waals surface area contributed by atoms with Gasteiger partial charge in [0.05, 0.1) is 11.3 Å². The van der Waals surface area contributed by atoms with E-state index in [0.29, 0.717) is 28.5 Å². The number of hydrogen-bond acceptors (Lipinski definition) is 5. The standard InChI is InChI=1S/C33H26F3NO3S2/c1-21-17-26(15-16-29(21)40-19-31(38)39)41-20-30-28(18-24-9-5-6-10-27(24)22-7-3-2-4-8-22)37-32(42-30)23-11-13-25(14-12-23)33(34,35)36/h2-17H,18-20H2,1H3,(H,38,39). The molecule has 5 rings (SSSR count). The largest absolute Gasteiger partial charge is 0.482 e. The first-order chi connectivity index (χ1) is 20.2. The fourth-order valence-electron chi connectivity index (χ4n) is 4.48. The Balaban J connectivity index is 1.45. The first-order valence-electron chi connectivity index (χ1n) is 13.0. The van der Waals surface area contributed by atoms with Crippen LogP contribution < -0.4 is 4.74 Å². The van der Waals surface area contributed by atoms with Gasteiger partial charge in [0.1, 0.15) is 10.8 Å². The molecule has 5 aromatic rings. The molecule has 0 fully saturated rings. The summed E-state index contributed by atoms with van der Waals surface area (Å²) >= 11 is 3.09. The summed E-state index contributed by atoms with van der Waals surface area (Å²) in [5, 5.41) is 9.56. The molecule has 0 saturated carbocycles. The Morgan fingerprint density at radius 2 is 1.64 bits per heavy atom. The molecule has 1 N–H and O–H groups in total. The molecule has 0 amide bonds. The van der Waals surface area contributed by atoms with Gasteiger partial charge in [-0.2, -0.15) is 13.2 Å². The van der Waals surface area contributed by atoms with E-state index in [0.717, 1.165) is 49.9 Å². The van der Waals surface area contributed by atoms with Gasteiger partial charge in [0.25, 0.3) is 0 Å². The van der Waals surface area contributed by atoms with Gasteiger partial charge in [0.2, 0.25) is 0 Å². The Labute approximate surface area is 249 Å². The van der Waals surface area contributed by atoms with E-state index in [1.54, 1.807) is 17.8 Å². The van der Waals surface area contributed by atoms with Gasteiger partial charge in [-0.25, -0.2) is 9.78 Å². The predicted octanol–water partition coefficient (Wildman–Crippen LogP) is 9.15. The maximum atomic E-state index is 13.2. The molecule has 0 spiro atoms. The third-order valence-corrected chi connectivity index (χ3v) is 8.91. The minimum absolute atomic E-state index is 0.408. The van der Waals surface area contributed by atoms with Crippen LogP contribution in [0.4, 0.5) is 13.2 Å². The fourth-order valence-corrected chi connectivity index (χ4v) is 6.66. The van der Waals surface area contributed by atoms with E-state index in [-0.39, 0.29) is 0 Å². The summed E-state index contributed by atoms with van der Waals surface area (Å²) in [7, 11) is 0. The van der Waals surface area contributed by atoms with Crippen molar-refractivity contribution in [2.75, 3.05) is 6.61 Å². The number of carbonyl (C=O) groups is 1. The molecule has 0 aliphatic carbocycles. The summed E-state index contributed by atoms with van der Waals surface area (Å²) in [6.45, 7) is 1.46. The molecule has 0 aliphatic heterocycles. The number of ether oxygens (including phenoxy) is 1. The molecular weight excluding hydrogens is 579 g/mol. The summed E-state index contributed by atoms with van der Waals surface area (Å²) < 4.78 is 44.8. The second-order valence-corrected chi connectivity index (χ2v) is 11.7. The van der Waals surface area contributed by atoms with E-state index >= 15 is 0 Å². The summed E-state index contributed by atoms with van der Waals surface area (Å²) in [5.74, 6) is 0.0845. The van der Waals surface area contributed by atoms with Gasteiger partial charge in [-0.05, 0) is 59.5 Å². The van der Waals surface area contributed by atoms with Gasteiger partial charge in [0.15, 0.2) is 6.61 Å². The number of alkyl halides is 3. The van der Waals surface area contributed by atoms with Crippen molar-refractivity contribution in [1.29, 1.82) is 0 Å². The number of carboxylic acids is 1. The van der Waals surface area contributed by atoms with Gasteiger partial charge < -0.3 is 9.84 Å². The highest BCUT2D eigenvalue weighted by molar-refractivity contribution is 7.98. The van der Waals surface area contributed by atoms with Crippen LogP contribution in [0.5, 0.6) is 5.75 Å². The van der Waals surface area contributed by atoms with Crippen molar-refractivity contribution in [2.45, 2.75) is 30.2 Å². The van der Waals surface area contributed by atoms with Crippen LogP contribution in [-0.4, -0.2) is 22.7 Å². The molecule has 1 heterocycles. The Hall–Kier alpha value is -4.08. The number of aliphatic carboxylic acids is 1. The Morgan fingerprint density at radius 1 is 0.929 bits per heavy atom. The van der Waals surface area contributed by atoms with Gasteiger partial charge in [-0.1, -0.05) is 66.7 Å². The third-order valence-electron chi connectivity index (χ3n) is 6.56. The average molecular weight is 606 g/mol. The van der Waals surface area contributed by atoms with Gasteiger partial charge >= 0.3 is 12.1 Å². The third kappa shape index (κ3) is 7.21. The van der Waals surface area contributed by atoms with Crippen LogP contribution in [0.25, 0.3) is 21.7 Å². The van der Waals surface area contributed by atoms with E-state index < -0.39 is 24.3 Å². The molecule has 0 saturated heterocycles. The van der Waals surface area contributed by atoms with Gasteiger partial charge in [0, 0.05) is 27.5 Å². The van der Waals surface area contributed by atoms with Crippen LogP contribution in [0, 0.1) is 6.92 Å². The van der Waals surface area contributed by atoms with Crippen LogP contribution >= 0.6 is 23.1 Å². The van der Waals surface area contributed by atoms with Crippen molar-refractivity contribution < 1.29 is 27.8 Å². The average Bonchev–Trinajstić information content (AvgIpc) is 3.38. The minimum atomic E-state index is -4.40. The molecule has 9 heteroatoms. The van der Waals surface area contributed by atoms with E-state index in [1.165, 1.54) is 23.5 Å². The lowest BCUT2D eigenvalue weighted by Gasteiger charge is -2.11. The Bertz CT molecular complexity index is 1680. The highest BCUT2D eigenvalue weighted by Crippen LogP contribution is 2.37. The number of thiazole rings is 1. The molecule has 42 heavy (non-hydrogen) atoms. The maximum Gasteiger partial charge on any atom is 0.416 e. The van der Waals surface area contributed by atoms with Crippen molar-refractivity contribution in [3.63, 3.8) is 0 Å². The number of aromatic nitrogens is 1. The van der Waals surface area contributed by atoms with Crippen molar-refractivity contribution in [3.8, 4) is 27.4 Å². The zero-order chi connectivity index (χ0) is 29.7. The Morgan fingerprint density at radius 3 is 2.33 bits per heavy atom. The molecule has 214 valence electrons. The number of benzene rings is 4. The maximum absolute atomic E-state index is 13.2. The number of thioether (sulfide) groups is 1. The second-order valence-electron chi connectivity index (χ2n) is 9.56. The van der Waals surface area contributed by atoms with Gasteiger partial charge in [-0.3, -0.25) is 0 Å². The number of rotatable bonds is 10. The first kappa shape index (κ1) is 29.4. The zero-order valence-corrected chi connectivity index (χ0v) is 24.2. The molecule has 0 radical (unpaired) electrons. The summed E-state index contributed by atoms with van der Waals surface area (Å²) in [6, 6.07) is 29.0. The van der Waals surface area contributed by atoms with Crippen LogP contribution in [0.15, 0.2) is 102 Å². The highest BCUT2D eigenvalue weighted by Gasteiger charge is 2.30. The second kappa shape index (κ2) is 12.8. The normalized spacial score (nSPS) is 11.4. The fraction of sp³-hybridized carbons (Fsp3) is 0.152. The molecule has 4 nitrogen and oxygen atoms in total. The molecule has 0 unspecified atom stereocenters. The molecule has 1 aromatic heterocycles. The smallest absolute Gasteiger partial charge is 0.416 e. The molecule has 0 aliphatic rings. The molecular formula is C33H26F3NO3S2. The molecule has 0 atom stereocenters. The Kier molecular flexibility index (Phi) is 8.99. The quantitative estimate of drug-likeness (QED) is 0.161. The minimum Gasteiger partial charge on any atom is -0.482 e. The summed E-state index contributed by atoms with van der Waals surface area (Å²) in [5.41, 5.74) is 4.96. The van der Waals surface area contributed by atoms with Crippen molar-refractivity contribution in [2.24, 2.45) is 0 Å². The lowest BCUT2D eigenvalue weighted by atomic mass is 9.96. The summed E-state index contributed by atoms with van der Waals surface area (Å²) in [6.07, 6.45) is -3.83. The van der Waals surface area contributed by atoms with E-state index in [1.807, 2.05) is 49.4 Å². The van der Waals surface area contributed by atoms with E-state index in [2.05, 4.69) is 24.3 Å². The lowest BCUT2D eigenvalue weighted by molar-refractivity contribution is -0.139. The number of aryl methyl sites for hydroxylation is 1. The van der Waals surface area contributed by atoms with E-state index in [4.69, 9.17) is 14.8 Å². The van der Waals surface area contributed by atoms with Crippen LogP contribution in [-0.2, 0) is 23.1 Å². The lowest BCUT2D eigenvalue weighted by Crippen LogP contribution is -2.09. The van der Waals surface area contributed by atoms with Crippen LogP contribution in [0.3, 0.4) is 0 Å². The topological polar surface area (TPSA) is 59.4 Å². The number of hydrogen-bond donors (Lipinski definition) is 1. The number of nitrogens with zero attached hydrogens (tertiary/aromatic N) is 1. The van der Waals surface area contributed by atoms with Crippen molar-refractivity contribution in [3.05, 3.63) is 124 Å². The van der Waals surface area contributed by atoms with Gasteiger partial charge in [-0.15, -0.1) is 23.1 Å². The predicted molar refractivity (Wildman–Crippen MR) is 161 cm³/mol. The van der Waals surface area contributed by atoms with Crippen molar-refractivity contribution in [1.82, 2.24) is 4.98 Å². The van der Waals surface area contributed by atoms with Crippen molar-refractivity contribution >= 4 is 29.1 Å². The van der Waals surface area contributed by atoms with Crippen LogP contribution in [0.1, 0.15) is 27.3 Å². The van der Waals surface area contributed by atoms with E-state index in [9.17, 15) is 18.0 Å². The summed E-state index contributed by atoms with van der Waals surface area (Å²) in [4.78, 5) is 17.8. The number of carboxylic acid groups (broad SMARTS) is 1. The molecule has 4 aromatic carbocycles. The number of halogens is 3. The monoisotopic (exact) mass is 605 g/mol.